The lowest BCUT2D eigenvalue weighted by molar-refractivity contribution is -1.04. The maximum atomic E-state index is 5.15. The fourth-order valence-electron chi connectivity index (χ4n) is 0.855. The van der Waals surface area contributed by atoms with E-state index in [9.17, 15) is 0 Å². The highest BCUT2D eigenvalue weighted by Gasteiger charge is 2.21. The average Bonchev–Trinajstić information content (AvgIpc) is 2.17. The van der Waals surface area contributed by atoms with Crippen molar-refractivity contribution in [1.82, 2.24) is 0 Å². The lowest BCUT2D eigenvalue weighted by Gasteiger charge is -2.20. The molecule has 1 aliphatic heterocycles. The molecule has 0 amide bonds. The molecule has 0 fully saturated rings. The predicted octanol–water partition coefficient (Wildman–Crippen LogP) is 0.912. The maximum Gasteiger partial charge on any atom is 0.124 e. The SMILES string of the molecule is CO[N+]1(C)C=CCC1. The first-order chi connectivity index (χ1) is 3.77. The standard InChI is InChI=1S/C6H12NO/c1-7(8-2)5-3-4-6-7/h3,5H,4,6H2,1-2H3/q+1. The van der Waals surface area contributed by atoms with Gasteiger partial charge in [-0.1, -0.05) is 0 Å². The molecule has 2 heteroatoms. The van der Waals surface area contributed by atoms with Gasteiger partial charge in [0.15, 0.2) is 0 Å². The van der Waals surface area contributed by atoms with Crippen molar-refractivity contribution in [2.75, 3.05) is 20.7 Å². The van der Waals surface area contributed by atoms with Crippen molar-refractivity contribution in [2.24, 2.45) is 0 Å². The second-order valence-electron chi connectivity index (χ2n) is 2.25. The molecule has 0 radical (unpaired) electrons. The Hall–Kier alpha value is -0.340. The van der Waals surface area contributed by atoms with Gasteiger partial charge in [-0.25, -0.2) is 4.84 Å². The zero-order valence-electron chi connectivity index (χ0n) is 5.42. The van der Waals surface area contributed by atoms with Crippen molar-refractivity contribution in [2.45, 2.75) is 6.42 Å². The van der Waals surface area contributed by atoms with Gasteiger partial charge in [0.25, 0.3) is 0 Å². The fraction of sp³-hybridized carbons (Fsp3) is 0.667. The van der Waals surface area contributed by atoms with Gasteiger partial charge in [0.05, 0.1) is 7.11 Å². The molecule has 0 spiro atoms. The van der Waals surface area contributed by atoms with Crippen LogP contribution in [0.4, 0.5) is 0 Å². The van der Waals surface area contributed by atoms with Gasteiger partial charge >= 0.3 is 0 Å². The highest BCUT2D eigenvalue weighted by Crippen LogP contribution is 2.12. The Morgan fingerprint density at radius 2 is 2.38 bits per heavy atom. The Morgan fingerprint density at radius 3 is 2.62 bits per heavy atom. The van der Waals surface area contributed by atoms with Crippen LogP contribution in [0.15, 0.2) is 12.3 Å². The van der Waals surface area contributed by atoms with E-state index in [0.29, 0.717) is 4.65 Å². The summed E-state index contributed by atoms with van der Waals surface area (Å²) in [6, 6.07) is 0. The van der Waals surface area contributed by atoms with Crippen LogP contribution in [0.1, 0.15) is 6.42 Å². The van der Waals surface area contributed by atoms with Crippen LogP contribution in [0, 0.1) is 0 Å². The molecule has 0 saturated carbocycles. The minimum Gasteiger partial charge on any atom is -0.202 e. The maximum absolute atomic E-state index is 5.15. The first kappa shape index (κ1) is 5.79. The minimum absolute atomic E-state index is 0.639. The summed E-state index contributed by atoms with van der Waals surface area (Å²) in [4.78, 5) is 5.15. The van der Waals surface area contributed by atoms with Crippen LogP contribution in [-0.4, -0.2) is 25.3 Å². The Morgan fingerprint density at radius 1 is 1.62 bits per heavy atom. The van der Waals surface area contributed by atoms with E-state index in [2.05, 4.69) is 12.3 Å². The Balaban J connectivity index is 2.54. The molecule has 0 aromatic carbocycles. The van der Waals surface area contributed by atoms with E-state index in [1.807, 2.05) is 7.05 Å². The van der Waals surface area contributed by atoms with Crippen LogP contribution in [0.3, 0.4) is 0 Å². The molecule has 1 heterocycles. The van der Waals surface area contributed by atoms with Crippen LogP contribution in [0.2, 0.25) is 0 Å². The van der Waals surface area contributed by atoms with E-state index >= 15 is 0 Å². The van der Waals surface area contributed by atoms with Crippen LogP contribution in [0.25, 0.3) is 0 Å². The molecule has 2 nitrogen and oxygen atoms in total. The van der Waals surface area contributed by atoms with Crippen LogP contribution < -0.4 is 0 Å². The van der Waals surface area contributed by atoms with Crippen LogP contribution >= 0.6 is 0 Å². The largest absolute Gasteiger partial charge is 0.202 e. The van der Waals surface area contributed by atoms with E-state index in [1.54, 1.807) is 7.11 Å². The predicted molar refractivity (Wildman–Crippen MR) is 31.8 cm³/mol. The molecular formula is C6H12NO+. The van der Waals surface area contributed by atoms with E-state index in [0.717, 1.165) is 13.0 Å². The molecule has 0 bridgehead atoms. The average molecular weight is 114 g/mol. The number of hydrogen-bond donors (Lipinski definition) is 0. The first-order valence-corrected chi connectivity index (χ1v) is 2.85. The summed E-state index contributed by atoms with van der Waals surface area (Å²) in [6.07, 6.45) is 5.36. The summed E-state index contributed by atoms with van der Waals surface area (Å²) in [5.74, 6) is 0. The molecule has 1 unspecified atom stereocenters. The molecule has 1 rings (SSSR count). The van der Waals surface area contributed by atoms with E-state index in [1.165, 1.54) is 0 Å². The molecule has 0 aromatic heterocycles. The lowest BCUT2D eigenvalue weighted by Crippen LogP contribution is -2.34. The van der Waals surface area contributed by atoms with E-state index in [4.69, 9.17) is 4.84 Å². The third kappa shape index (κ3) is 0.904. The number of quaternary nitrogens is 1. The van der Waals surface area contributed by atoms with Gasteiger partial charge in [-0.3, -0.25) is 0 Å². The van der Waals surface area contributed by atoms with Crippen molar-refractivity contribution in [1.29, 1.82) is 0 Å². The Bertz CT molecular complexity index is 111. The second-order valence-corrected chi connectivity index (χ2v) is 2.25. The number of nitrogens with zero attached hydrogens (tertiary/aromatic N) is 1. The summed E-state index contributed by atoms with van der Waals surface area (Å²) in [5.41, 5.74) is 0. The third-order valence-electron chi connectivity index (χ3n) is 1.58. The molecule has 0 N–H and O–H groups in total. The minimum atomic E-state index is 0.639. The zero-order chi connectivity index (χ0) is 6.04. The molecule has 0 saturated heterocycles. The summed E-state index contributed by atoms with van der Waals surface area (Å²) in [5, 5.41) is 0. The summed E-state index contributed by atoms with van der Waals surface area (Å²) in [6.45, 7) is 1.08. The number of rotatable bonds is 1. The molecular weight excluding hydrogens is 102 g/mol. The topological polar surface area (TPSA) is 9.23 Å². The smallest absolute Gasteiger partial charge is 0.124 e. The monoisotopic (exact) mass is 114 g/mol. The molecule has 46 valence electrons. The van der Waals surface area contributed by atoms with Crippen LogP contribution in [0.5, 0.6) is 0 Å². The number of hydrogen-bond acceptors (Lipinski definition) is 1. The van der Waals surface area contributed by atoms with Crippen LogP contribution in [-0.2, 0) is 4.84 Å². The van der Waals surface area contributed by atoms with Gasteiger partial charge < -0.3 is 0 Å². The molecule has 0 aliphatic carbocycles. The van der Waals surface area contributed by atoms with Gasteiger partial charge in [0.1, 0.15) is 19.8 Å². The quantitative estimate of drug-likeness (QED) is 0.460. The van der Waals surface area contributed by atoms with E-state index < -0.39 is 0 Å². The first-order valence-electron chi connectivity index (χ1n) is 2.85. The molecule has 8 heavy (non-hydrogen) atoms. The van der Waals surface area contributed by atoms with Crippen molar-refractivity contribution >= 4 is 0 Å². The highest BCUT2D eigenvalue weighted by atomic mass is 16.7. The molecule has 1 aliphatic rings. The van der Waals surface area contributed by atoms with Crippen molar-refractivity contribution in [3.05, 3.63) is 12.3 Å². The molecule has 0 aromatic rings. The summed E-state index contributed by atoms with van der Waals surface area (Å²) >= 11 is 0. The summed E-state index contributed by atoms with van der Waals surface area (Å²) in [7, 11) is 3.78. The summed E-state index contributed by atoms with van der Waals surface area (Å²) < 4.78 is 0.639. The van der Waals surface area contributed by atoms with E-state index in [-0.39, 0.29) is 0 Å². The second kappa shape index (κ2) is 1.88. The normalized spacial score (nSPS) is 36.2. The Kier molecular flexibility index (Phi) is 1.36. The van der Waals surface area contributed by atoms with Gasteiger partial charge in [-0.05, 0) is 6.08 Å². The Labute approximate surface area is 49.9 Å². The van der Waals surface area contributed by atoms with Gasteiger partial charge in [0, 0.05) is 6.42 Å². The van der Waals surface area contributed by atoms with Crippen molar-refractivity contribution in [3.8, 4) is 0 Å². The molecule has 1 atom stereocenters. The zero-order valence-corrected chi connectivity index (χ0v) is 5.42. The van der Waals surface area contributed by atoms with Crippen molar-refractivity contribution in [3.63, 3.8) is 0 Å². The van der Waals surface area contributed by atoms with Gasteiger partial charge in [-0.2, -0.15) is 4.65 Å². The van der Waals surface area contributed by atoms with Gasteiger partial charge in [-0.15, -0.1) is 0 Å². The number of hydroxylamine groups is 3. The van der Waals surface area contributed by atoms with Crippen molar-refractivity contribution < 1.29 is 9.48 Å². The fourth-order valence-corrected chi connectivity index (χ4v) is 0.855. The van der Waals surface area contributed by atoms with Gasteiger partial charge in [0.2, 0.25) is 0 Å². The third-order valence-corrected chi connectivity index (χ3v) is 1.58. The lowest BCUT2D eigenvalue weighted by atomic mass is 10.5. The highest BCUT2D eigenvalue weighted by molar-refractivity contribution is 4.78.